The number of aryl methyl sites for hydroxylation is 1. The van der Waals surface area contributed by atoms with Crippen LogP contribution in [-0.2, 0) is 14.3 Å². The maximum Gasteiger partial charge on any atom is 0.350 e. The van der Waals surface area contributed by atoms with E-state index in [-0.39, 0.29) is 27.9 Å². The molecule has 162 valence electrons. The Hall–Kier alpha value is -3.78. The van der Waals surface area contributed by atoms with Crippen LogP contribution in [0.5, 0.6) is 0 Å². The lowest BCUT2D eigenvalue weighted by molar-refractivity contribution is -0.132. The first-order valence-corrected chi connectivity index (χ1v) is 10.8. The minimum atomic E-state index is -0.892. The number of anilines is 1. The number of amides is 1. The zero-order valence-electron chi connectivity index (χ0n) is 17.4. The molecule has 2 heterocycles. The van der Waals surface area contributed by atoms with Gasteiger partial charge in [0, 0.05) is 5.56 Å². The Bertz CT molecular complexity index is 1220. The number of benzene rings is 2. The molecular weight excluding hydrogens is 428 g/mol. The third kappa shape index (κ3) is 3.69. The normalized spacial score (nSPS) is 17.6. The Morgan fingerprint density at radius 1 is 1.09 bits per heavy atom. The summed E-state index contributed by atoms with van der Waals surface area (Å²) in [6.07, 6.45) is 0. The highest BCUT2D eigenvalue weighted by Gasteiger charge is 2.48. The van der Waals surface area contributed by atoms with Gasteiger partial charge < -0.3 is 9.84 Å². The summed E-state index contributed by atoms with van der Waals surface area (Å²) >= 11 is 0.982. The van der Waals surface area contributed by atoms with Crippen molar-refractivity contribution < 1.29 is 24.2 Å². The zero-order chi connectivity index (χ0) is 22.8. The minimum absolute atomic E-state index is 0.0297. The van der Waals surface area contributed by atoms with Crippen LogP contribution in [0.4, 0.5) is 5.13 Å². The summed E-state index contributed by atoms with van der Waals surface area (Å²) in [6, 6.07) is 16.6. The molecule has 0 radical (unpaired) electrons. The van der Waals surface area contributed by atoms with Crippen molar-refractivity contribution >= 4 is 39.9 Å². The van der Waals surface area contributed by atoms with Crippen molar-refractivity contribution in [1.29, 1.82) is 0 Å². The largest absolute Gasteiger partial charge is 0.507 e. The average Bonchev–Trinajstić information content (AvgIpc) is 3.32. The maximum absolute atomic E-state index is 13.1. The topological polar surface area (TPSA) is 96.8 Å². The first-order valence-electron chi connectivity index (χ1n) is 10.00. The van der Waals surface area contributed by atoms with Crippen LogP contribution in [0.1, 0.15) is 39.5 Å². The van der Waals surface area contributed by atoms with E-state index in [9.17, 15) is 19.5 Å². The van der Waals surface area contributed by atoms with Crippen LogP contribution in [0.2, 0.25) is 0 Å². The number of carbonyl (C=O) groups is 3. The second kappa shape index (κ2) is 8.76. The van der Waals surface area contributed by atoms with E-state index >= 15 is 0 Å². The quantitative estimate of drug-likeness (QED) is 0.271. The second-order valence-electron chi connectivity index (χ2n) is 7.08. The highest BCUT2D eigenvalue weighted by Crippen LogP contribution is 2.43. The number of carbonyl (C=O) groups excluding carboxylic acids is 3. The van der Waals surface area contributed by atoms with Crippen LogP contribution in [-0.4, -0.2) is 34.4 Å². The number of hydrogen-bond acceptors (Lipinski definition) is 7. The first kappa shape index (κ1) is 21.5. The zero-order valence-corrected chi connectivity index (χ0v) is 18.3. The minimum Gasteiger partial charge on any atom is -0.507 e. The Morgan fingerprint density at radius 3 is 2.34 bits per heavy atom. The number of esters is 1. The van der Waals surface area contributed by atoms with Gasteiger partial charge in [-0.25, -0.2) is 9.78 Å². The number of nitrogens with zero attached hydrogens (tertiary/aromatic N) is 2. The molecule has 2 aromatic carbocycles. The van der Waals surface area contributed by atoms with Crippen molar-refractivity contribution in [3.05, 3.63) is 87.9 Å². The highest BCUT2D eigenvalue weighted by molar-refractivity contribution is 7.17. The van der Waals surface area contributed by atoms with E-state index in [1.54, 1.807) is 68.4 Å². The van der Waals surface area contributed by atoms with Gasteiger partial charge in [0.1, 0.15) is 10.6 Å². The molecular formula is C24H20N2O5S. The summed E-state index contributed by atoms with van der Waals surface area (Å²) in [5.74, 6) is -2.43. The summed E-state index contributed by atoms with van der Waals surface area (Å²) in [5, 5.41) is 11.2. The predicted octanol–water partition coefficient (Wildman–Crippen LogP) is 4.25. The predicted molar refractivity (Wildman–Crippen MR) is 120 cm³/mol. The molecule has 0 aliphatic carbocycles. The van der Waals surface area contributed by atoms with Crippen LogP contribution >= 0.6 is 11.3 Å². The van der Waals surface area contributed by atoms with Gasteiger partial charge in [-0.15, -0.1) is 0 Å². The van der Waals surface area contributed by atoms with Gasteiger partial charge >= 0.3 is 11.9 Å². The molecule has 1 N–H and O–H groups in total. The molecule has 0 bridgehead atoms. The molecule has 0 saturated carbocycles. The standard InChI is InChI=1S/C24H20N2O5S/c1-3-31-23(30)21-14(2)25-24(32-21)26-18(15-10-6-4-7-11-15)17(20(28)22(26)29)19(27)16-12-8-5-9-13-16/h4-13,18,27H,3H2,1-2H3/b19-17+/t18-/m1/s1. The molecule has 4 rings (SSSR count). The van der Waals surface area contributed by atoms with Crippen LogP contribution in [0.15, 0.2) is 66.2 Å². The third-order valence-electron chi connectivity index (χ3n) is 5.06. The highest BCUT2D eigenvalue weighted by atomic mass is 32.1. The van der Waals surface area contributed by atoms with E-state index in [4.69, 9.17) is 4.74 Å². The van der Waals surface area contributed by atoms with Gasteiger partial charge in [-0.1, -0.05) is 72.0 Å². The van der Waals surface area contributed by atoms with Gasteiger partial charge in [-0.05, 0) is 19.4 Å². The van der Waals surface area contributed by atoms with Crippen molar-refractivity contribution in [3.63, 3.8) is 0 Å². The number of hydrogen-bond donors (Lipinski definition) is 1. The number of Topliss-reactive ketones (excluding diaryl/α,β-unsaturated/α-hetero) is 1. The summed E-state index contributed by atoms with van der Waals surface area (Å²) < 4.78 is 5.07. The van der Waals surface area contributed by atoms with Crippen molar-refractivity contribution in [2.75, 3.05) is 11.5 Å². The van der Waals surface area contributed by atoms with Gasteiger partial charge in [0.05, 0.1) is 23.9 Å². The summed E-state index contributed by atoms with van der Waals surface area (Å²) in [6.45, 7) is 3.55. The Morgan fingerprint density at radius 2 is 1.72 bits per heavy atom. The van der Waals surface area contributed by atoms with Crippen LogP contribution in [0.3, 0.4) is 0 Å². The van der Waals surface area contributed by atoms with Crippen molar-refractivity contribution in [1.82, 2.24) is 4.98 Å². The molecule has 0 spiro atoms. The van der Waals surface area contributed by atoms with Crippen LogP contribution < -0.4 is 4.90 Å². The Labute approximate surface area is 188 Å². The SMILES string of the molecule is CCOC(=O)c1sc(N2C(=O)C(=O)/C(=C(/O)c3ccccc3)[C@H]2c2ccccc2)nc1C. The van der Waals surface area contributed by atoms with Gasteiger partial charge in [0.2, 0.25) is 0 Å². The first-order chi connectivity index (χ1) is 15.4. The fraction of sp³-hybridized carbons (Fsp3) is 0.167. The number of aliphatic hydroxyl groups is 1. The fourth-order valence-corrected chi connectivity index (χ4v) is 4.59. The van der Waals surface area contributed by atoms with Gasteiger partial charge in [0.25, 0.3) is 5.78 Å². The number of aromatic nitrogens is 1. The molecule has 1 amide bonds. The lowest BCUT2D eigenvalue weighted by Crippen LogP contribution is -2.29. The van der Waals surface area contributed by atoms with Gasteiger partial charge in [-0.2, -0.15) is 0 Å². The average molecular weight is 449 g/mol. The van der Waals surface area contributed by atoms with Crippen LogP contribution in [0, 0.1) is 6.92 Å². The molecule has 1 aliphatic heterocycles. The number of ketones is 1. The monoisotopic (exact) mass is 448 g/mol. The second-order valence-corrected chi connectivity index (χ2v) is 8.05. The Kier molecular flexibility index (Phi) is 5.87. The molecule has 1 aliphatic rings. The number of aliphatic hydroxyl groups excluding tert-OH is 1. The molecule has 8 heteroatoms. The Balaban J connectivity index is 1.89. The number of rotatable bonds is 5. The summed E-state index contributed by atoms with van der Waals surface area (Å²) in [5.41, 5.74) is 1.43. The molecule has 0 unspecified atom stereocenters. The fourth-order valence-electron chi connectivity index (χ4n) is 3.60. The van der Waals surface area contributed by atoms with Crippen molar-refractivity contribution in [2.45, 2.75) is 19.9 Å². The maximum atomic E-state index is 13.1. The van der Waals surface area contributed by atoms with E-state index in [1.165, 1.54) is 4.90 Å². The lowest BCUT2D eigenvalue weighted by atomic mass is 9.95. The molecule has 1 fully saturated rings. The van der Waals surface area contributed by atoms with E-state index < -0.39 is 23.7 Å². The molecule has 1 aromatic heterocycles. The molecule has 32 heavy (non-hydrogen) atoms. The van der Waals surface area contributed by atoms with E-state index in [1.807, 2.05) is 6.07 Å². The molecule has 1 atom stereocenters. The van der Waals surface area contributed by atoms with Crippen molar-refractivity contribution in [2.24, 2.45) is 0 Å². The molecule has 1 saturated heterocycles. The lowest BCUT2D eigenvalue weighted by Gasteiger charge is -2.22. The number of ether oxygens (including phenoxy) is 1. The molecule has 3 aromatic rings. The smallest absolute Gasteiger partial charge is 0.350 e. The summed E-state index contributed by atoms with van der Waals surface area (Å²) in [7, 11) is 0. The summed E-state index contributed by atoms with van der Waals surface area (Å²) in [4.78, 5) is 44.4. The van der Waals surface area contributed by atoms with E-state index in [0.29, 0.717) is 16.8 Å². The van der Waals surface area contributed by atoms with Gasteiger partial charge in [-0.3, -0.25) is 14.5 Å². The van der Waals surface area contributed by atoms with Crippen LogP contribution in [0.25, 0.3) is 5.76 Å². The van der Waals surface area contributed by atoms with Crippen molar-refractivity contribution in [3.8, 4) is 0 Å². The van der Waals surface area contributed by atoms with Gasteiger partial charge in [0.15, 0.2) is 5.13 Å². The van der Waals surface area contributed by atoms with E-state index in [0.717, 1.165) is 11.3 Å². The van der Waals surface area contributed by atoms with E-state index in [2.05, 4.69) is 4.98 Å². The molecule has 7 nitrogen and oxygen atoms in total. The third-order valence-corrected chi connectivity index (χ3v) is 6.20. The number of thiazole rings is 1.